The van der Waals surface area contributed by atoms with Crippen molar-refractivity contribution in [3.05, 3.63) is 0 Å². The van der Waals surface area contributed by atoms with Gasteiger partial charge in [-0.3, -0.25) is 0 Å². The molecular formula is C3H8O3S. The minimum absolute atomic E-state index is 0.569. The Morgan fingerprint density at radius 2 is 2.29 bits per heavy atom. The van der Waals surface area contributed by atoms with E-state index in [1.54, 1.807) is 0 Å². The van der Waals surface area contributed by atoms with Gasteiger partial charge in [0.25, 0.3) is 0 Å². The molecule has 44 valence electrons. The van der Waals surface area contributed by atoms with E-state index in [9.17, 15) is 4.21 Å². The van der Waals surface area contributed by atoms with E-state index >= 15 is 0 Å². The second kappa shape index (κ2) is 3.12. The Morgan fingerprint density at radius 3 is 2.29 bits per heavy atom. The molecule has 7 heavy (non-hydrogen) atoms. The van der Waals surface area contributed by atoms with Gasteiger partial charge in [0.15, 0.2) is 16.5 Å². The molecule has 0 aliphatic heterocycles. The van der Waals surface area contributed by atoms with Crippen molar-refractivity contribution in [3.8, 4) is 0 Å². The fourth-order valence-corrected chi connectivity index (χ4v) is 0.247. The van der Waals surface area contributed by atoms with Crippen LogP contribution in [0.3, 0.4) is 0 Å². The average molecular weight is 124 g/mol. The van der Waals surface area contributed by atoms with Gasteiger partial charge in [-0.2, -0.15) is 0 Å². The van der Waals surface area contributed by atoms with Crippen LogP contribution in [0.5, 0.6) is 0 Å². The Kier molecular flexibility index (Phi) is 3.15. The van der Waals surface area contributed by atoms with Crippen LogP contribution >= 0.6 is 0 Å². The van der Waals surface area contributed by atoms with E-state index in [1.165, 1.54) is 14.0 Å². The third kappa shape index (κ3) is 2.73. The molecule has 0 heterocycles. The lowest BCUT2D eigenvalue weighted by molar-refractivity contribution is 0.176. The van der Waals surface area contributed by atoms with Crippen molar-refractivity contribution in [1.82, 2.24) is 0 Å². The van der Waals surface area contributed by atoms with Gasteiger partial charge in [0.2, 0.25) is 0 Å². The Balaban J connectivity index is 3.34. The first kappa shape index (κ1) is 7.07. The van der Waals surface area contributed by atoms with Gasteiger partial charge in [0.05, 0.1) is 0 Å². The highest BCUT2D eigenvalue weighted by atomic mass is 32.2. The Hall–Kier alpha value is 0.0700. The molecule has 0 radical (unpaired) electrons. The maximum atomic E-state index is 9.92. The predicted octanol–water partition coefficient (Wildman–Crippen LogP) is 0.200. The summed E-state index contributed by atoms with van der Waals surface area (Å²) in [4.78, 5) is 0. The van der Waals surface area contributed by atoms with E-state index in [0.29, 0.717) is 0 Å². The maximum absolute atomic E-state index is 9.92. The largest absolute Gasteiger partial charge is 0.366 e. The summed E-state index contributed by atoms with van der Waals surface area (Å²) < 4.78 is 22.5. The Bertz CT molecular complexity index is 72.6. The highest BCUT2D eigenvalue weighted by molar-refractivity contribution is 7.79. The van der Waals surface area contributed by atoms with Crippen molar-refractivity contribution in [2.75, 3.05) is 7.11 Å². The summed E-state index contributed by atoms with van der Waals surface area (Å²) in [5, 5.41) is 0. The SMILES string of the molecule is COC(C)S(=O)O. The summed E-state index contributed by atoms with van der Waals surface area (Å²) >= 11 is -1.83. The number of hydrogen-bond donors (Lipinski definition) is 1. The summed E-state index contributed by atoms with van der Waals surface area (Å²) in [7, 11) is 1.39. The van der Waals surface area contributed by atoms with Crippen molar-refractivity contribution >= 4 is 11.1 Å². The third-order valence-electron chi connectivity index (χ3n) is 0.616. The van der Waals surface area contributed by atoms with Crippen molar-refractivity contribution in [3.63, 3.8) is 0 Å². The van der Waals surface area contributed by atoms with Crippen molar-refractivity contribution < 1.29 is 13.5 Å². The lowest BCUT2D eigenvalue weighted by atomic mass is 10.9. The van der Waals surface area contributed by atoms with Crippen LogP contribution < -0.4 is 0 Å². The standard InChI is InChI=1S/C3H8O3S/c1-3(6-2)7(4)5/h3H,1-2H3,(H,4,5). The molecule has 2 unspecified atom stereocenters. The van der Waals surface area contributed by atoms with E-state index in [2.05, 4.69) is 4.74 Å². The zero-order valence-electron chi connectivity index (χ0n) is 4.25. The third-order valence-corrected chi connectivity index (χ3v) is 1.38. The van der Waals surface area contributed by atoms with E-state index in [-0.39, 0.29) is 0 Å². The number of hydrogen-bond acceptors (Lipinski definition) is 2. The molecule has 3 nitrogen and oxygen atoms in total. The first-order valence-electron chi connectivity index (χ1n) is 1.81. The van der Waals surface area contributed by atoms with Crippen molar-refractivity contribution in [1.29, 1.82) is 0 Å². The molecule has 0 aromatic rings. The van der Waals surface area contributed by atoms with Gasteiger partial charge in [0, 0.05) is 7.11 Å². The summed E-state index contributed by atoms with van der Waals surface area (Å²) in [6.45, 7) is 1.52. The molecule has 0 aromatic heterocycles. The lowest BCUT2D eigenvalue weighted by Gasteiger charge is -2.00. The fraction of sp³-hybridized carbons (Fsp3) is 1.00. The van der Waals surface area contributed by atoms with Crippen LogP contribution in [0, 0.1) is 0 Å². The highest BCUT2D eigenvalue weighted by Gasteiger charge is 2.02. The lowest BCUT2D eigenvalue weighted by Crippen LogP contribution is -2.10. The van der Waals surface area contributed by atoms with E-state index in [0.717, 1.165) is 0 Å². The molecule has 1 N–H and O–H groups in total. The molecule has 0 spiro atoms. The van der Waals surface area contributed by atoms with Gasteiger partial charge >= 0.3 is 0 Å². The van der Waals surface area contributed by atoms with Crippen LogP contribution in [0.2, 0.25) is 0 Å². The van der Waals surface area contributed by atoms with Crippen LogP contribution in [0.15, 0.2) is 0 Å². The first-order valence-corrected chi connectivity index (χ1v) is 2.98. The van der Waals surface area contributed by atoms with Gasteiger partial charge in [-0.05, 0) is 6.92 Å². The normalized spacial score (nSPS) is 18.7. The topological polar surface area (TPSA) is 46.5 Å². The fourth-order valence-electron chi connectivity index (χ4n) is 0.0823. The monoisotopic (exact) mass is 124 g/mol. The molecule has 2 atom stereocenters. The van der Waals surface area contributed by atoms with Crippen LogP contribution in [0.1, 0.15) is 6.92 Å². The summed E-state index contributed by atoms with van der Waals surface area (Å²) in [5.74, 6) is 0. The molecule has 0 aliphatic carbocycles. The quantitative estimate of drug-likeness (QED) is 0.535. The molecule has 0 fully saturated rings. The van der Waals surface area contributed by atoms with Gasteiger partial charge in [-0.1, -0.05) is 0 Å². The Morgan fingerprint density at radius 1 is 1.86 bits per heavy atom. The second-order valence-electron chi connectivity index (χ2n) is 1.08. The Labute approximate surface area is 45.0 Å². The summed E-state index contributed by atoms with van der Waals surface area (Å²) in [6.07, 6.45) is 0. The zero-order chi connectivity index (χ0) is 5.86. The molecule has 0 aliphatic rings. The molecule has 4 heteroatoms. The van der Waals surface area contributed by atoms with Crippen LogP contribution in [-0.2, 0) is 15.8 Å². The maximum Gasteiger partial charge on any atom is 0.182 e. The van der Waals surface area contributed by atoms with Gasteiger partial charge in [-0.15, -0.1) is 0 Å². The molecule has 0 amide bonds. The minimum Gasteiger partial charge on any atom is -0.366 e. The molecule has 0 aromatic carbocycles. The second-order valence-corrected chi connectivity index (χ2v) is 2.30. The van der Waals surface area contributed by atoms with Crippen LogP contribution in [0.4, 0.5) is 0 Å². The van der Waals surface area contributed by atoms with Crippen LogP contribution in [0.25, 0.3) is 0 Å². The summed E-state index contributed by atoms with van der Waals surface area (Å²) in [5.41, 5.74) is -0.569. The van der Waals surface area contributed by atoms with E-state index in [1.807, 2.05) is 0 Å². The summed E-state index contributed by atoms with van der Waals surface area (Å²) in [6, 6.07) is 0. The predicted molar refractivity (Wildman–Crippen MR) is 27.2 cm³/mol. The smallest absolute Gasteiger partial charge is 0.182 e. The highest BCUT2D eigenvalue weighted by Crippen LogP contribution is 1.89. The molecular weight excluding hydrogens is 116 g/mol. The molecule has 0 bridgehead atoms. The minimum atomic E-state index is -1.83. The average Bonchev–Trinajstić information content (AvgIpc) is 1.65. The number of methoxy groups -OCH3 is 1. The van der Waals surface area contributed by atoms with Gasteiger partial charge in [0.1, 0.15) is 0 Å². The van der Waals surface area contributed by atoms with Gasteiger partial charge < -0.3 is 9.29 Å². The molecule has 0 saturated carbocycles. The van der Waals surface area contributed by atoms with Crippen molar-refractivity contribution in [2.24, 2.45) is 0 Å². The molecule has 0 rings (SSSR count). The first-order chi connectivity index (χ1) is 3.18. The zero-order valence-corrected chi connectivity index (χ0v) is 5.07. The van der Waals surface area contributed by atoms with Gasteiger partial charge in [-0.25, -0.2) is 4.21 Å². The number of ether oxygens (including phenoxy) is 1. The number of rotatable bonds is 2. The van der Waals surface area contributed by atoms with Crippen molar-refractivity contribution in [2.45, 2.75) is 12.4 Å². The molecule has 0 saturated heterocycles. The van der Waals surface area contributed by atoms with Crippen LogP contribution in [-0.4, -0.2) is 21.3 Å². The van der Waals surface area contributed by atoms with E-state index < -0.39 is 16.5 Å². The van der Waals surface area contributed by atoms with E-state index in [4.69, 9.17) is 4.55 Å².